The summed E-state index contributed by atoms with van der Waals surface area (Å²) in [5.41, 5.74) is 0.964. The number of hydrogen-bond donors (Lipinski definition) is 0. The maximum atomic E-state index is 11.0. The van der Waals surface area contributed by atoms with E-state index in [0.29, 0.717) is 6.61 Å². The number of ether oxygens (including phenoxy) is 2. The number of carbonyl (C=O) groups is 1. The van der Waals surface area contributed by atoms with E-state index in [1.54, 1.807) is 0 Å². The Kier molecular flexibility index (Phi) is 3.49. The van der Waals surface area contributed by atoms with Crippen molar-refractivity contribution in [2.75, 3.05) is 0 Å². The van der Waals surface area contributed by atoms with Gasteiger partial charge in [0.05, 0.1) is 6.61 Å². The molecule has 0 spiro atoms. The maximum Gasteiger partial charge on any atom is 0.353 e. The van der Waals surface area contributed by atoms with Gasteiger partial charge in [0, 0.05) is 0 Å². The highest BCUT2D eigenvalue weighted by Crippen LogP contribution is 2.29. The van der Waals surface area contributed by atoms with Gasteiger partial charge in [0.2, 0.25) is 6.29 Å². The molecule has 1 heterocycles. The topological polar surface area (TPSA) is 35.5 Å². The minimum Gasteiger partial charge on any atom is -0.426 e. The lowest BCUT2D eigenvalue weighted by molar-refractivity contribution is -0.160. The number of esters is 1. The molecule has 0 saturated carbocycles. The average molecular weight is 259 g/mol. The molecule has 0 aromatic heterocycles. The zero-order chi connectivity index (χ0) is 11.5. The Morgan fingerprint density at radius 1 is 1.25 bits per heavy atom. The predicted molar refractivity (Wildman–Crippen MR) is 59.8 cm³/mol. The third kappa shape index (κ3) is 2.38. The van der Waals surface area contributed by atoms with Crippen LogP contribution in [0.1, 0.15) is 5.56 Å². The maximum absolute atomic E-state index is 11.0. The molecule has 1 aromatic carbocycles. The van der Waals surface area contributed by atoms with E-state index in [1.807, 2.05) is 30.3 Å². The lowest BCUT2D eigenvalue weighted by Gasteiger charge is -2.11. The molecule has 3 nitrogen and oxygen atoms in total. The van der Waals surface area contributed by atoms with Crippen molar-refractivity contribution in [3.8, 4) is 0 Å². The number of rotatable bonds is 3. The standard InChI is InChI=1S/C11H8Cl2O3/c12-8-9(13)11(16-10(8)14)15-6-7-4-2-1-3-5-7/h1-5,11H,6H2. The van der Waals surface area contributed by atoms with Gasteiger partial charge in [-0.05, 0) is 5.56 Å². The first-order valence-electron chi connectivity index (χ1n) is 4.60. The van der Waals surface area contributed by atoms with E-state index in [9.17, 15) is 4.79 Å². The van der Waals surface area contributed by atoms with Crippen LogP contribution in [0.15, 0.2) is 40.4 Å². The minimum atomic E-state index is -0.887. The van der Waals surface area contributed by atoms with Gasteiger partial charge in [-0.3, -0.25) is 0 Å². The molecule has 1 unspecified atom stereocenters. The third-order valence-electron chi connectivity index (χ3n) is 2.05. The molecule has 1 aliphatic rings. The zero-order valence-corrected chi connectivity index (χ0v) is 9.66. The van der Waals surface area contributed by atoms with Crippen molar-refractivity contribution in [1.82, 2.24) is 0 Å². The molecule has 0 aliphatic carbocycles. The van der Waals surface area contributed by atoms with Gasteiger partial charge in [0.1, 0.15) is 10.1 Å². The quantitative estimate of drug-likeness (QED) is 0.783. The minimum absolute atomic E-state index is 0.0996. The monoisotopic (exact) mass is 258 g/mol. The Morgan fingerprint density at radius 3 is 2.50 bits per heavy atom. The Labute approximate surface area is 103 Å². The van der Waals surface area contributed by atoms with Gasteiger partial charge in [-0.15, -0.1) is 0 Å². The van der Waals surface area contributed by atoms with E-state index >= 15 is 0 Å². The fourth-order valence-electron chi connectivity index (χ4n) is 1.25. The smallest absolute Gasteiger partial charge is 0.353 e. The van der Waals surface area contributed by atoms with E-state index in [-0.39, 0.29) is 10.1 Å². The van der Waals surface area contributed by atoms with Gasteiger partial charge in [-0.2, -0.15) is 0 Å². The van der Waals surface area contributed by atoms with Crippen molar-refractivity contribution in [2.24, 2.45) is 0 Å². The summed E-state index contributed by atoms with van der Waals surface area (Å²) in [4.78, 5) is 11.0. The van der Waals surface area contributed by atoms with Crippen LogP contribution in [-0.2, 0) is 20.9 Å². The number of benzene rings is 1. The van der Waals surface area contributed by atoms with Crippen LogP contribution in [0, 0.1) is 0 Å². The molecule has 0 fully saturated rings. The number of cyclic esters (lactones) is 1. The molecule has 0 bridgehead atoms. The van der Waals surface area contributed by atoms with Crippen LogP contribution in [0.2, 0.25) is 0 Å². The summed E-state index contributed by atoms with van der Waals surface area (Å²) in [6.45, 7) is 0.305. The van der Waals surface area contributed by atoms with Crippen LogP contribution < -0.4 is 0 Å². The second-order valence-electron chi connectivity index (χ2n) is 3.20. The first-order chi connectivity index (χ1) is 7.68. The molecule has 0 amide bonds. The summed E-state index contributed by atoms with van der Waals surface area (Å²) in [6, 6.07) is 9.49. The largest absolute Gasteiger partial charge is 0.426 e. The van der Waals surface area contributed by atoms with Crippen molar-refractivity contribution in [1.29, 1.82) is 0 Å². The molecular weight excluding hydrogens is 251 g/mol. The lowest BCUT2D eigenvalue weighted by atomic mass is 10.2. The summed E-state index contributed by atoms with van der Waals surface area (Å²) < 4.78 is 10.1. The van der Waals surface area contributed by atoms with E-state index < -0.39 is 12.3 Å². The van der Waals surface area contributed by atoms with Crippen LogP contribution in [-0.4, -0.2) is 12.3 Å². The van der Waals surface area contributed by atoms with E-state index in [0.717, 1.165) is 5.56 Å². The van der Waals surface area contributed by atoms with Crippen LogP contribution in [0.25, 0.3) is 0 Å². The Morgan fingerprint density at radius 2 is 1.94 bits per heavy atom. The van der Waals surface area contributed by atoms with Crippen molar-refractivity contribution in [3.05, 3.63) is 46.0 Å². The Hall–Kier alpha value is -1.03. The highest BCUT2D eigenvalue weighted by Gasteiger charge is 2.32. The summed E-state index contributed by atoms with van der Waals surface area (Å²) in [7, 11) is 0. The highest BCUT2D eigenvalue weighted by molar-refractivity contribution is 6.48. The molecule has 1 aromatic rings. The van der Waals surface area contributed by atoms with Crippen LogP contribution in [0.5, 0.6) is 0 Å². The van der Waals surface area contributed by atoms with Gasteiger partial charge in [-0.1, -0.05) is 53.5 Å². The Bertz CT molecular complexity index is 428. The molecule has 0 saturated heterocycles. The van der Waals surface area contributed by atoms with Gasteiger partial charge in [-0.25, -0.2) is 4.79 Å². The second kappa shape index (κ2) is 4.87. The summed E-state index contributed by atoms with van der Waals surface area (Å²) in [5.74, 6) is -0.648. The van der Waals surface area contributed by atoms with Crippen molar-refractivity contribution < 1.29 is 14.3 Å². The van der Waals surface area contributed by atoms with Gasteiger partial charge in [0.25, 0.3) is 0 Å². The number of carbonyl (C=O) groups excluding carboxylic acids is 1. The Balaban J connectivity index is 1.96. The predicted octanol–water partition coefficient (Wildman–Crippen LogP) is 2.78. The van der Waals surface area contributed by atoms with Gasteiger partial charge >= 0.3 is 5.97 Å². The number of halogens is 2. The van der Waals surface area contributed by atoms with Crippen molar-refractivity contribution in [3.63, 3.8) is 0 Å². The fraction of sp³-hybridized carbons (Fsp3) is 0.182. The molecular formula is C11H8Cl2O3. The third-order valence-corrected chi connectivity index (χ3v) is 2.88. The molecule has 16 heavy (non-hydrogen) atoms. The van der Waals surface area contributed by atoms with Crippen LogP contribution in [0.4, 0.5) is 0 Å². The van der Waals surface area contributed by atoms with E-state index in [2.05, 4.69) is 0 Å². The SMILES string of the molecule is O=C1OC(OCc2ccccc2)C(Cl)=C1Cl. The van der Waals surface area contributed by atoms with Gasteiger partial charge in [0.15, 0.2) is 0 Å². The molecule has 5 heteroatoms. The average Bonchev–Trinajstić information content (AvgIpc) is 2.56. The van der Waals surface area contributed by atoms with Crippen LogP contribution in [0.3, 0.4) is 0 Å². The van der Waals surface area contributed by atoms with Gasteiger partial charge < -0.3 is 9.47 Å². The molecule has 0 radical (unpaired) electrons. The van der Waals surface area contributed by atoms with Crippen molar-refractivity contribution in [2.45, 2.75) is 12.9 Å². The summed E-state index contributed by atoms with van der Waals surface area (Å²) >= 11 is 11.3. The van der Waals surface area contributed by atoms with E-state index in [4.69, 9.17) is 32.7 Å². The molecule has 1 atom stereocenters. The van der Waals surface area contributed by atoms with Crippen molar-refractivity contribution >= 4 is 29.2 Å². The second-order valence-corrected chi connectivity index (χ2v) is 3.98. The zero-order valence-electron chi connectivity index (χ0n) is 8.15. The molecule has 2 rings (SSSR count). The fourth-order valence-corrected chi connectivity index (χ4v) is 1.57. The van der Waals surface area contributed by atoms with E-state index in [1.165, 1.54) is 0 Å². The lowest BCUT2D eigenvalue weighted by Crippen LogP contribution is -2.14. The first kappa shape index (κ1) is 11.5. The number of hydrogen-bond acceptors (Lipinski definition) is 3. The van der Waals surface area contributed by atoms with Crippen LogP contribution >= 0.6 is 23.2 Å². The molecule has 84 valence electrons. The first-order valence-corrected chi connectivity index (χ1v) is 5.36. The molecule has 0 N–H and O–H groups in total. The highest BCUT2D eigenvalue weighted by atomic mass is 35.5. The summed E-state index contributed by atoms with van der Waals surface area (Å²) in [6.07, 6.45) is -0.887. The normalized spacial score (nSPS) is 20.1. The molecule has 1 aliphatic heterocycles. The summed E-state index contributed by atoms with van der Waals surface area (Å²) in [5, 5.41) is -0.0117.